The predicted octanol–water partition coefficient (Wildman–Crippen LogP) is 4.58. The van der Waals surface area contributed by atoms with E-state index in [1.165, 1.54) is 25.0 Å². The van der Waals surface area contributed by atoms with Crippen LogP contribution in [0.1, 0.15) is 47.5 Å². The maximum Gasteiger partial charge on any atom is 0.0239 e. The van der Waals surface area contributed by atoms with Crippen LogP contribution in [0, 0.1) is 5.92 Å². The normalized spacial score (nSPS) is 26.3. The third-order valence-corrected chi connectivity index (χ3v) is 3.89. The molecule has 1 heteroatoms. The second kappa shape index (κ2) is 6.94. The average molecular weight is 247 g/mol. The summed E-state index contributed by atoms with van der Waals surface area (Å²) in [6, 6.07) is 0. The van der Waals surface area contributed by atoms with Crippen molar-refractivity contribution in [1.82, 2.24) is 4.90 Å². The molecule has 0 aliphatic carbocycles. The lowest BCUT2D eigenvalue weighted by Gasteiger charge is -2.45. The molecule has 0 aromatic rings. The molecule has 0 aromatic heterocycles. The predicted molar refractivity (Wildman–Crippen MR) is 81.8 cm³/mol. The minimum atomic E-state index is 0.336. The summed E-state index contributed by atoms with van der Waals surface area (Å²) in [7, 11) is 0. The van der Waals surface area contributed by atoms with E-state index in [0.29, 0.717) is 5.54 Å². The van der Waals surface area contributed by atoms with Crippen LogP contribution in [-0.4, -0.2) is 23.5 Å². The van der Waals surface area contributed by atoms with E-state index in [2.05, 4.69) is 69.9 Å². The van der Waals surface area contributed by atoms with Crippen molar-refractivity contribution in [2.45, 2.75) is 53.0 Å². The molecule has 0 radical (unpaired) electrons. The van der Waals surface area contributed by atoms with Gasteiger partial charge in [0.25, 0.3) is 0 Å². The Bertz CT molecular complexity index is 334. The average Bonchev–Trinajstić information content (AvgIpc) is 2.31. The van der Waals surface area contributed by atoms with E-state index in [9.17, 15) is 0 Å². The summed E-state index contributed by atoms with van der Waals surface area (Å²) in [6.45, 7) is 13.6. The van der Waals surface area contributed by atoms with Gasteiger partial charge in [0, 0.05) is 18.6 Å². The zero-order chi connectivity index (χ0) is 13.6. The highest BCUT2D eigenvalue weighted by atomic mass is 15.2. The Morgan fingerprint density at radius 3 is 2.61 bits per heavy atom. The summed E-state index contributed by atoms with van der Waals surface area (Å²) in [5.74, 6) is 0.826. The second-order valence-corrected chi connectivity index (χ2v) is 6.10. The van der Waals surface area contributed by atoms with Gasteiger partial charge in [-0.15, -0.1) is 0 Å². The van der Waals surface area contributed by atoms with Gasteiger partial charge in [-0.3, -0.25) is 4.90 Å². The summed E-state index contributed by atoms with van der Waals surface area (Å²) < 4.78 is 0. The van der Waals surface area contributed by atoms with Gasteiger partial charge < -0.3 is 0 Å². The fourth-order valence-corrected chi connectivity index (χ4v) is 2.57. The molecule has 0 saturated carbocycles. The zero-order valence-corrected chi connectivity index (χ0v) is 12.7. The van der Waals surface area contributed by atoms with Crippen LogP contribution in [0.3, 0.4) is 0 Å². The van der Waals surface area contributed by atoms with Crippen LogP contribution in [0.25, 0.3) is 0 Å². The molecule has 1 saturated heterocycles. The number of allylic oxidation sites excluding steroid dienone is 4. The van der Waals surface area contributed by atoms with Gasteiger partial charge in [-0.1, -0.05) is 37.3 Å². The molecule has 1 atom stereocenters. The standard InChI is InChI=1S/C17H29N/c1-6-8-10-16(9-7-2)14-18-13-15(3)11-12-17(18,4)5/h6-10,15H,11-14H2,1-5H3/b8-6-,9-7-,16-10+. The van der Waals surface area contributed by atoms with E-state index in [1.807, 2.05) is 0 Å². The molecule has 0 amide bonds. The molecule has 18 heavy (non-hydrogen) atoms. The molecular weight excluding hydrogens is 218 g/mol. The molecule has 0 aromatic carbocycles. The molecule has 1 aliphatic rings. The monoisotopic (exact) mass is 247 g/mol. The van der Waals surface area contributed by atoms with Crippen molar-refractivity contribution in [3.8, 4) is 0 Å². The lowest BCUT2D eigenvalue weighted by Crippen LogP contribution is -2.50. The summed E-state index contributed by atoms with van der Waals surface area (Å²) in [5.41, 5.74) is 1.74. The summed E-state index contributed by atoms with van der Waals surface area (Å²) in [5, 5.41) is 0. The van der Waals surface area contributed by atoms with Crippen molar-refractivity contribution in [2.75, 3.05) is 13.1 Å². The molecule has 0 spiro atoms. The second-order valence-electron chi connectivity index (χ2n) is 6.10. The van der Waals surface area contributed by atoms with Crippen LogP contribution in [0.2, 0.25) is 0 Å². The Labute approximate surface area is 113 Å². The summed E-state index contributed by atoms with van der Waals surface area (Å²) in [4.78, 5) is 2.64. The Balaban J connectivity index is 2.78. The number of hydrogen-bond acceptors (Lipinski definition) is 1. The van der Waals surface area contributed by atoms with Gasteiger partial charge in [0.15, 0.2) is 0 Å². The Hall–Kier alpha value is -0.820. The van der Waals surface area contributed by atoms with Crippen molar-refractivity contribution in [1.29, 1.82) is 0 Å². The molecular formula is C17H29N. The van der Waals surface area contributed by atoms with E-state index in [0.717, 1.165) is 12.5 Å². The molecule has 1 aliphatic heterocycles. The van der Waals surface area contributed by atoms with Crippen molar-refractivity contribution < 1.29 is 0 Å². The van der Waals surface area contributed by atoms with Crippen LogP contribution in [0.5, 0.6) is 0 Å². The van der Waals surface area contributed by atoms with Gasteiger partial charge in [0.2, 0.25) is 0 Å². The van der Waals surface area contributed by atoms with Gasteiger partial charge >= 0.3 is 0 Å². The van der Waals surface area contributed by atoms with Gasteiger partial charge in [0.1, 0.15) is 0 Å². The highest BCUT2D eigenvalue weighted by Crippen LogP contribution is 2.30. The van der Waals surface area contributed by atoms with Crippen LogP contribution in [0.15, 0.2) is 36.0 Å². The maximum absolute atomic E-state index is 2.64. The molecule has 1 fully saturated rings. The first-order chi connectivity index (χ1) is 8.49. The molecule has 0 bridgehead atoms. The minimum Gasteiger partial charge on any atom is -0.294 e. The SMILES string of the molecule is C\C=C/C=C(\C=C/C)CN1CC(C)CCC1(C)C. The molecule has 1 heterocycles. The smallest absolute Gasteiger partial charge is 0.0239 e. The first kappa shape index (κ1) is 15.2. The third kappa shape index (κ3) is 4.45. The number of piperidine rings is 1. The minimum absolute atomic E-state index is 0.336. The first-order valence-electron chi connectivity index (χ1n) is 7.19. The van der Waals surface area contributed by atoms with Gasteiger partial charge in [-0.05, 0) is 52.0 Å². The Kier molecular flexibility index (Phi) is 5.87. The third-order valence-electron chi connectivity index (χ3n) is 3.89. The number of hydrogen-bond donors (Lipinski definition) is 0. The van der Waals surface area contributed by atoms with Crippen LogP contribution in [-0.2, 0) is 0 Å². The quantitative estimate of drug-likeness (QED) is 0.657. The Morgan fingerprint density at radius 2 is 2.00 bits per heavy atom. The number of nitrogens with zero attached hydrogens (tertiary/aromatic N) is 1. The van der Waals surface area contributed by atoms with E-state index >= 15 is 0 Å². The van der Waals surface area contributed by atoms with Crippen LogP contribution in [0.4, 0.5) is 0 Å². The topological polar surface area (TPSA) is 3.24 Å². The first-order valence-corrected chi connectivity index (χ1v) is 7.19. The molecule has 102 valence electrons. The van der Waals surface area contributed by atoms with E-state index in [1.54, 1.807) is 0 Å². The van der Waals surface area contributed by atoms with E-state index < -0.39 is 0 Å². The lowest BCUT2D eigenvalue weighted by atomic mass is 9.85. The fraction of sp³-hybridized carbons (Fsp3) is 0.647. The zero-order valence-electron chi connectivity index (χ0n) is 12.7. The van der Waals surface area contributed by atoms with Crippen molar-refractivity contribution in [3.05, 3.63) is 36.0 Å². The van der Waals surface area contributed by atoms with Crippen LogP contribution < -0.4 is 0 Å². The molecule has 1 rings (SSSR count). The Morgan fingerprint density at radius 1 is 1.28 bits per heavy atom. The van der Waals surface area contributed by atoms with E-state index in [-0.39, 0.29) is 0 Å². The molecule has 1 nitrogen and oxygen atoms in total. The maximum atomic E-state index is 2.64. The van der Waals surface area contributed by atoms with Crippen molar-refractivity contribution in [2.24, 2.45) is 5.92 Å². The largest absolute Gasteiger partial charge is 0.294 e. The molecule has 1 unspecified atom stereocenters. The summed E-state index contributed by atoms with van der Waals surface area (Å²) >= 11 is 0. The lowest BCUT2D eigenvalue weighted by molar-refractivity contribution is 0.0603. The number of likely N-dealkylation sites (tertiary alicyclic amines) is 1. The van der Waals surface area contributed by atoms with Crippen LogP contribution >= 0.6 is 0 Å². The molecule has 0 N–H and O–H groups in total. The van der Waals surface area contributed by atoms with E-state index in [4.69, 9.17) is 0 Å². The van der Waals surface area contributed by atoms with Gasteiger partial charge in [-0.2, -0.15) is 0 Å². The van der Waals surface area contributed by atoms with Gasteiger partial charge in [-0.25, -0.2) is 0 Å². The van der Waals surface area contributed by atoms with Crippen molar-refractivity contribution in [3.63, 3.8) is 0 Å². The van der Waals surface area contributed by atoms with Gasteiger partial charge in [0.05, 0.1) is 0 Å². The fourth-order valence-electron chi connectivity index (χ4n) is 2.57. The highest BCUT2D eigenvalue weighted by Gasteiger charge is 2.32. The van der Waals surface area contributed by atoms with Crippen molar-refractivity contribution >= 4 is 0 Å². The highest BCUT2D eigenvalue weighted by molar-refractivity contribution is 5.25. The number of rotatable bonds is 4. The summed E-state index contributed by atoms with van der Waals surface area (Å²) in [6.07, 6.45) is 13.5.